The number of ether oxygens (including phenoxy) is 1. The van der Waals surface area contributed by atoms with Crippen molar-refractivity contribution in [2.24, 2.45) is 0 Å². The lowest BCUT2D eigenvalue weighted by atomic mass is 10.3. The number of hydrogen-bond donors (Lipinski definition) is 1. The fraction of sp³-hybridized carbons (Fsp3) is 0.600. The van der Waals surface area contributed by atoms with Crippen LogP contribution in [-0.2, 0) is 14.9 Å². The van der Waals surface area contributed by atoms with Gasteiger partial charge in [-0.25, -0.2) is 4.72 Å². The van der Waals surface area contributed by atoms with Gasteiger partial charge < -0.3 is 4.74 Å². The first-order valence-electron chi connectivity index (χ1n) is 7.66. The van der Waals surface area contributed by atoms with Crippen LogP contribution < -0.4 is 9.91 Å². The molecule has 1 aromatic rings. The maximum absolute atomic E-state index is 12.5. The Morgan fingerprint density at radius 2 is 1.73 bits per heavy atom. The van der Waals surface area contributed by atoms with Crippen molar-refractivity contribution in [1.82, 2.24) is 9.03 Å². The summed E-state index contributed by atoms with van der Waals surface area (Å²) in [6, 6.07) is 10.2. The zero-order valence-corrected chi connectivity index (χ0v) is 15.6. The minimum Gasteiger partial charge on any atom is -0.373 e. The van der Waals surface area contributed by atoms with Gasteiger partial charge in [-0.2, -0.15) is 12.7 Å². The van der Waals surface area contributed by atoms with Gasteiger partial charge in [0.15, 0.2) is 0 Å². The van der Waals surface area contributed by atoms with E-state index in [0.717, 1.165) is 0 Å². The van der Waals surface area contributed by atoms with Gasteiger partial charge in [-0.05, 0) is 13.8 Å². The van der Waals surface area contributed by atoms with Crippen molar-refractivity contribution >= 4 is 23.5 Å². The molecule has 0 saturated carbocycles. The molecule has 7 heteroatoms. The Balaban J connectivity index is 2.03. The second kappa shape index (κ2) is 6.80. The van der Waals surface area contributed by atoms with Crippen LogP contribution in [0.15, 0.2) is 30.3 Å². The van der Waals surface area contributed by atoms with Gasteiger partial charge in [-0.3, -0.25) is 0 Å². The van der Waals surface area contributed by atoms with E-state index in [1.165, 1.54) is 9.49 Å². The van der Waals surface area contributed by atoms with Gasteiger partial charge in [0.2, 0.25) is 0 Å². The molecule has 0 spiro atoms. The topological polar surface area (TPSA) is 58.6 Å². The van der Waals surface area contributed by atoms with Crippen LogP contribution in [-0.4, -0.2) is 52.3 Å². The Morgan fingerprint density at radius 3 is 2.27 bits per heavy atom. The molecule has 1 aliphatic heterocycles. The van der Waals surface area contributed by atoms with Crippen molar-refractivity contribution < 1.29 is 13.2 Å². The summed E-state index contributed by atoms with van der Waals surface area (Å²) in [7, 11) is -5.29. The summed E-state index contributed by atoms with van der Waals surface area (Å²) in [4.78, 5) is 0. The highest BCUT2D eigenvalue weighted by molar-refractivity contribution is 7.87. The molecule has 0 radical (unpaired) electrons. The summed E-state index contributed by atoms with van der Waals surface area (Å²) in [6.45, 7) is 8.98. The van der Waals surface area contributed by atoms with E-state index >= 15 is 0 Å². The van der Waals surface area contributed by atoms with Gasteiger partial charge in [-0.15, -0.1) is 0 Å². The van der Waals surface area contributed by atoms with Crippen molar-refractivity contribution in [2.45, 2.75) is 39.1 Å². The zero-order chi connectivity index (χ0) is 16.4. The number of nitrogens with zero attached hydrogens (tertiary/aromatic N) is 1. The minimum absolute atomic E-state index is 0.0697. The van der Waals surface area contributed by atoms with Crippen molar-refractivity contribution in [3.8, 4) is 0 Å². The van der Waals surface area contributed by atoms with Gasteiger partial charge in [0.1, 0.15) is 0 Å². The van der Waals surface area contributed by atoms with E-state index in [4.69, 9.17) is 4.74 Å². The lowest BCUT2D eigenvalue weighted by Crippen LogP contribution is -2.57. The smallest absolute Gasteiger partial charge is 0.279 e. The highest BCUT2D eigenvalue weighted by atomic mass is 32.2. The quantitative estimate of drug-likeness (QED) is 0.815. The monoisotopic (exact) mass is 342 g/mol. The summed E-state index contributed by atoms with van der Waals surface area (Å²) in [5.74, 6) is 0. The van der Waals surface area contributed by atoms with Crippen molar-refractivity contribution in [1.29, 1.82) is 0 Å². The van der Waals surface area contributed by atoms with E-state index in [1.807, 2.05) is 32.0 Å². The maximum atomic E-state index is 12.5. The predicted octanol–water partition coefficient (Wildman–Crippen LogP) is 1.08. The van der Waals surface area contributed by atoms with Gasteiger partial charge in [0.05, 0.1) is 20.3 Å². The molecule has 1 N–H and O–H groups in total. The molecular formula is C15H26N2O3SSi. The molecule has 0 aliphatic carbocycles. The molecule has 22 heavy (non-hydrogen) atoms. The SMILES string of the molecule is C[C@H]1CN(S(=O)(=O)NC[Si](C)(C)c2ccccc2)C[C@H](C)O1. The average molecular weight is 343 g/mol. The Hall–Kier alpha value is -0.733. The first-order chi connectivity index (χ1) is 10.2. The molecule has 2 atom stereocenters. The molecule has 1 aliphatic rings. The molecule has 0 bridgehead atoms. The van der Waals surface area contributed by atoms with Crippen molar-refractivity contribution in [2.75, 3.05) is 19.3 Å². The molecule has 2 rings (SSSR count). The third-order valence-electron chi connectivity index (χ3n) is 3.98. The predicted molar refractivity (Wildman–Crippen MR) is 92.1 cm³/mol. The van der Waals surface area contributed by atoms with Gasteiger partial charge in [0, 0.05) is 19.3 Å². The lowest BCUT2D eigenvalue weighted by Gasteiger charge is -2.35. The summed E-state index contributed by atoms with van der Waals surface area (Å²) >= 11 is 0. The standard InChI is InChI=1S/C15H26N2O3SSi/c1-13-10-17(11-14(2)20-13)21(18,19)16-12-22(3,4)15-8-6-5-7-9-15/h5-9,13-14,16H,10-12H2,1-4H3/t13-,14-/m0/s1. The average Bonchev–Trinajstić information content (AvgIpc) is 2.45. The van der Waals surface area contributed by atoms with E-state index in [0.29, 0.717) is 19.3 Å². The first-order valence-corrected chi connectivity index (χ1v) is 12.3. The highest BCUT2D eigenvalue weighted by Gasteiger charge is 2.33. The lowest BCUT2D eigenvalue weighted by molar-refractivity contribution is -0.0443. The Labute approximate surface area is 134 Å². The third kappa shape index (κ3) is 4.39. The zero-order valence-electron chi connectivity index (χ0n) is 13.7. The van der Waals surface area contributed by atoms with Crippen LogP contribution in [0.25, 0.3) is 0 Å². The van der Waals surface area contributed by atoms with Crippen LogP contribution in [0, 0.1) is 0 Å². The van der Waals surface area contributed by atoms with Gasteiger partial charge in [0.25, 0.3) is 10.2 Å². The second-order valence-electron chi connectivity index (χ2n) is 6.65. The highest BCUT2D eigenvalue weighted by Crippen LogP contribution is 2.14. The van der Waals surface area contributed by atoms with Crippen LogP contribution in [0.3, 0.4) is 0 Å². The molecule has 5 nitrogen and oxygen atoms in total. The Morgan fingerprint density at radius 1 is 1.18 bits per heavy atom. The number of hydrogen-bond acceptors (Lipinski definition) is 3. The molecule has 124 valence electrons. The fourth-order valence-corrected chi connectivity index (χ4v) is 7.15. The van der Waals surface area contributed by atoms with Crippen LogP contribution in [0.5, 0.6) is 0 Å². The summed E-state index contributed by atoms with van der Waals surface area (Å²) < 4.78 is 35.0. The van der Waals surface area contributed by atoms with Gasteiger partial charge >= 0.3 is 0 Å². The largest absolute Gasteiger partial charge is 0.373 e. The summed E-state index contributed by atoms with van der Waals surface area (Å²) in [5.41, 5.74) is 0. The van der Waals surface area contributed by atoms with Crippen LogP contribution in [0.1, 0.15) is 13.8 Å². The molecule has 1 heterocycles. The normalized spacial score (nSPS) is 24.4. The molecule has 1 aromatic carbocycles. The number of benzene rings is 1. The molecule has 0 unspecified atom stereocenters. The van der Waals surface area contributed by atoms with Gasteiger partial charge in [-0.1, -0.05) is 48.6 Å². The number of nitrogens with one attached hydrogen (secondary N) is 1. The molecule has 1 saturated heterocycles. The fourth-order valence-electron chi connectivity index (χ4n) is 2.68. The Bertz CT molecular complexity index is 582. The van der Waals surface area contributed by atoms with Crippen LogP contribution in [0.4, 0.5) is 0 Å². The molecule has 0 amide bonds. The molecular weight excluding hydrogens is 316 g/mol. The number of morpholine rings is 1. The molecule has 0 aromatic heterocycles. The van der Waals surface area contributed by atoms with E-state index < -0.39 is 18.3 Å². The summed E-state index contributed by atoms with van der Waals surface area (Å²) in [5, 5.41) is 1.25. The van der Waals surface area contributed by atoms with Crippen molar-refractivity contribution in [3.63, 3.8) is 0 Å². The van der Waals surface area contributed by atoms with E-state index in [1.54, 1.807) is 0 Å². The number of rotatable bonds is 5. The maximum Gasteiger partial charge on any atom is 0.279 e. The van der Waals surface area contributed by atoms with Crippen LogP contribution >= 0.6 is 0 Å². The first kappa shape index (κ1) is 17.6. The van der Waals surface area contributed by atoms with E-state index in [2.05, 4.69) is 29.9 Å². The van der Waals surface area contributed by atoms with Crippen LogP contribution in [0.2, 0.25) is 13.1 Å². The van der Waals surface area contributed by atoms with E-state index in [9.17, 15) is 8.42 Å². The Kier molecular flexibility index (Phi) is 5.44. The third-order valence-corrected chi connectivity index (χ3v) is 8.68. The molecule has 1 fully saturated rings. The second-order valence-corrected chi connectivity index (χ2v) is 13.1. The van der Waals surface area contributed by atoms with E-state index in [-0.39, 0.29) is 12.2 Å². The minimum atomic E-state index is -3.45. The van der Waals surface area contributed by atoms with Crippen molar-refractivity contribution in [3.05, 3.63) is 30.3 Å². The summed E-state index contributed by atoms with van der Waals surface area (Å²) in [6.07, 6.45) is 0.360.